The lowest BCUT2D eigenvalue weighted by Gasteiger charge is -2.23. The number of ether oxygens (including phenoxy) is 1. The highest BCUT2D eigenvalue weighted by Gasteiger charge is 2.30. The maximum atomic E-state index is 14.7. The topological polar surface area (TPSA) is 183 Å². The van der Waals surface area contributed by atoms with Crippen LogP contribution in [-0.2, 0) is 45.6 Å². The lowest BCUT2D eigenvalue weighted by Crippen LogP contribution is -2.35. The van der Waals surface area contributed by atoms with Gasteiger partial charge in [0.25, 0.3) is 5.56 Å². The zero-order chi connectivity index (χ0) is 40.0. The number of fused-ring (bicyclic) bond motifs is 2. The normalized spacial score (nSPS) is 12.6. The Labute approximate surface area is 318 Å². The largest absolute Gasteiger partial charge is 0.497 e. The van der Waals surface area contributed by atoms with Crippen LogP contribution < -0.4 is 19.9 Å². The van der Waals surface area contributed by atoms with E-state index in [0.717, 1.165) is 33.5 Å². The van der Waals surface area contributed by atoms with Crippen molar-refractivity contribution in [2.75, 3.05) is 23.9 Å². The van der Waals surface area contributed by atoms with E-state index in [1.807, 2.05) is 0 Å². The molecule has 0 saturated carbocycles. The van der Waals surface area contributed by atoms with Crippen LogP contribution in [-0.4, -0.2) is 67.0 Å². The average molecular weight is 815 g/mol. The van der Waals surface area contributed by atoms with E-state index in [4.69, 9.17) is 16.3 Å². The van der Waals surface area contributed by atoms with E-state index in [0.29, 0.717) is 22.9 Å². The van der Waals surface area contributed by atoms with Gasteiger partial charge in [0.05, 0.1) is 64.2 Å². The van der Waals surface area contributed by atoms with Crippen LogP contribution in [0.5, 0.6) is 5.75 Å². The van der Waals surface area contributed by atoms with Crippen LogP contribution in [0.15, 0.2) is 77.6 Å². The van der Waals surface area contributed by atoms with Crippen molar-refractivity contribution in [3.63, 3.8) is 0 Å². The number of nitrogens with zero attached hydrogens (tertiary/aromatic N) is 5. The fraction of sp³-hybridized carbons (Fsp3) is 0.222. The Balaban J connectivity index is 1.64. The number of aryl methyl sites for hydroxylation is 1. The standard InChI is InChI=1S/C36H33ClF2N6O8S2/c1-43-32-30(12-11-27(37)31(32)34(42-43)44(55(4,51)52)18-20-5-8-25(53-2)9-6-20)45-33(29(41-36(47)48)16-22-13-23(38)17-24(39)14-22)40-28-15-21(19-54(3,49)50)7-10-26(28)35(45)46/h5-15,17,29,41H,16,18-19H2,1-4H3,(H,47,48)/t29-/m0/s1. The van der Waals surface area contributed by atoms with Gasteiger partial charge < -0.3 is 15.2 Å². The smallest absolute Gasteiger partial charge is 0.405 e. The summed E-state index contributed by atoms with van der Waals surface area (Å²) >= 11 is 6.78. The van der Waals surface area contributed by atoms with Crippen LogP contribution in [0.3, 0.4) is 0 Å². The van der Waals surface area contributed by atoms with Gasteiger partial charge in [0.2, 0.25) is 10.0 Å². The lowest BCUT2D eigenvalue weighted by atomic mass is 10.0. The summed E-state index contributed by atoms with van der Waals surface area (Å²) in [6.45, 7) is -0.164. The zero-order valence-corrected chi connectivity index (χ0v) is 32.0. The second-order valence-electron chi connectivity index (χ2n) is 12.9. The number of hydrogen-bond donors (Lipinski definition) is 2. The number of nitrogens with one attached hydrogen (secondary N) is 1. The van der Waals surface area contributed by atoms with Gasteiger partial charge >= 0.3 is 6.09 Å². The molecule has 14 nitrogen and oxygen atoms in total. The number of methoxy groups -OCH3 is 1. The quantitative estimate of drug-likeness (QED) is 0.165. The first-order chi connectivity index (χ1) is 25.8. The SMILES string of the molecule is COc1ccc(CN(c2nn(C)c3c(-n4c([C@H](Cc5cc(F)cc(F)c5)NC(=O)O)nc5cc(CS(C)(=O)=O)ccc5c4=O)ccc(Cl)c23)S(C)(=O)=O)cc1. The molecule has 6 rings (SSSR count). The van der Waals surface area contributed by atoms with Crippen molar-refractivity contribution in [1.29, 1.82) is 0 Å². The van der Waals surface area contributed by atoms with Gasteiger partial charge in [0, 0.05) is 25.8 Å². The van der Waals surface area contributed by atoms with Gasteiger partial charge in [-0.2, -0.15) is 5.10 Å². The molecule has 1 amide bonds. The molecule has 2 N–H and O–H groups in total. The van der Waals surface area contributed by atoms with Crippen molar-refractivity contribution in [1.82, 2.24) is 24.6 Å². The van der Waals surface area contributed by atoms with Crippen molar-refractivity contribution in [2.24, 2.45) is 7.05 Å². The predicted molar refractivity (Wildman–Crippen MR) is 203 cm³/mol. The molecule has 6 aromatic rings. The number of halogens is 3. The third kappa shape index (κ3) is 8.40. The first-order valence-electron chi connectivity index (χ1n) is 16.3. The molecule has 0 saturated heterocycles. The van der Waals surface area contributed by atoms with Crippen LogP contribution in [0, 0.1) is 11.6 Å². The number of carbonyl (C=O) groups is 1. The van der Waals surface area contributed by atoms with Crippen molar-refractivity contribution in [3.05, 3.63) is 122 Å². The van der Waals surface area contributed by atoms with E-state index in [1.54, 1.807) is 24.3 Å². The van der Waals surface area contributed by atoms with E-state index >= 15 is 0 Å². The van der Waals surface area contributed by atoms with Gasteiger partial charge in [-0.3, -0.25) is 14.0 Å². The highest BCUT2D eigenvalue weighted by atomic mass is 35.5. The van der Waals surface area contributed by atoms with E-state index in [-0.39, 0.29) is 68.4 Å². The molecule has 0 radical (unpaired) electrons. The van der Waals surface area contributed by atoms with Gasteiger partial charge in [0.15, 0.2) is 15.7 Å². The molecule has 0 fully saturated rings. The van der Waals surface area contributed by atoms with Gasteiger partial charge in [-0.25, -0.2) is 39.7 Å². The molecule has 288 valence electrons. The summed E-state index contributed by atoms with van der Waals surface area (Å²) in [5.41, 5.74) is 0.376. The van der Waals surface area contributed by atoms with Crippen LogP contribution in [0.2, 0.25) is 5.02 Å². The van der Waals surface area contributed by atoms with Crippen molar-refractivity contribution in [3.8, 4) is 11.4 Å². The highest BCUT2D eigenvalue weighted by Crippen LogP contribution is 2.38. The molecule has 0 aliphatic carbocycles. The number of anilines is 1. The number of rotatable bonds is 12. The van der Waals surface area contributed by atoms with E-state index in [2.05, 4.69) is 15.4 Å². The van der Waals surface area contributed by atoms with Crippen LogP contribution in [0.4, 0.5) is 19.4 Å². The summed E-state index contributed by atoms with van der Waals surface area (Å²) in [7, 11) is -4.55. The summed E-state index contributed by atoms with van der Waals surface area (Å²) < 4.78 is 88.3. The Morgan fingerprint density at radius 3 is 2.22 bits per heavy atom. The predicted octanol–water partition coefficient (Wildman–Crippen LogP) is 5.27. The Kier molecular flexibility index (Phi) is 10.6. The minimum Gasteiger partial charge on any atom is -0.497 e. The molecule has 19 heteroatoms. The molecule has 0 spiro atoms. The summed E-state index contributed by atoms with van der Waals surface area (Å²) in [5, 5.41) is 17.0. The molecule has 0 aliphatic heterocycles. The summed E-state index contributed by atoms with van der Waals surface area (Å²) in [5.74, 6) is -2.00. The molecule has 55 heavy (non-hydrogen) atoms. The molecule has 2 aromatic heterocycles. The average Bonchev–Trinajstić information content (AvgIpc) is 3.43. The first-order valence-corrected chi connectivity index (χ1v) is 20.6. The number of carboxylic acid groups (broad SMARTS) is 1. The number of sulfone groups is 1. The highest BCUT2D eigenvalue weighted by molar-refractivity contribution is 7.92. The fourth-order valence-corrected chi connectivity index (χ4v) is 8.21. The zero-order valence-electron chi connectivity index (χ0n) is 29.6. The minimum atomic E-state index is -4.03. The van der Waals surface area contributed by atoms with Gasteiger partial charge in [-0.15, -0.1) is 0 Å². The summed E-state index contributed by atoms with van der Waals surface area (Å²) in [6, 6.07) is 15.0. The number of hydrogen-bond acceptors (Lipinski definition) is 9. The first kappa shape index (κ1) is 39.1. The second-order valence-corrected chi connectivity index (χ2v) is 17.3. The second kappa shape index (κ2) is 14.9. The molecule has 4 aromatic carbocycles. The molecular formula is C36H33ClF2N6O8S2. The number of amides is 1. The van der Waals surface area contributed by atoms with Gasteiger partial charge in [-0.1, -0.05) is 29.8 Å². The third-order valence-electron chi connectivity index (χ3n) is 8.62. The van der Waals surface area contributed by atoms with Crippen molar-refractivity contribution < 1.29 is 40.3 Å². The van der Waals surface area contributed by atoms with E-state index < -0.39 is 49.2 Å². The number of benzene rings is 4. The Hall–Kier alpha value is -5.59. The summed E-state index contributed by atoms with van der Waals surface area (Å²) in [4.78, 5) is 31.6. The van der Waals surface area contributed by atoms with Crippen LogP contribution in [0.25, 0.3) is 27.5 Å². The summed E-state index contributed by atoms with van der Waals surface area (Å²) in [6.07, 6.45) is 0.0912. The van der Waals surface area contributed by atoms with Crippen LogP contribution in [0.1, 0.15) is 28.6 Å². The molecule has 0 aliphatic rings. The monoisotopic (exact) mass is 814 g/mol. The number of sulfonamides is 1. The van der Waals surface area contributed by atoms with E-state index in [1.165, 1.54) is 49.2 Å². The van der Waals surface area contributed by atoms with Crippen LogP contribution >= 0.6 is 11.6 Å². The van der Waals surface area contributed by atoms with Gasteiger partial charge in [-0.05, 0) is 65.2 Å². The third-order valence-corrected chi connectivity index (χ3v) is 10.9. The molecular weight excluding hydrogens is 782 g/mol. The Bertz CT molecular complexity index is 2760. The van der Waals surface area contributed by atoms with Gasteiger partial charge in [0.1, 0.15) is 23.2 Å². The van der Waals surface area contributed by atoms with Crippen molar-refractivity contribution >= 4 is 65.2 Å². The molecule has 0 unspecified atom stereocenters. The van der Waals surface area contributed by atoms with Crippen molar-refractivity contribution in [2.45, 2.75) is 24.8 Å². The fourth-order valence-electron chi connectivity index (χ4n) is 6.37. The Morgan fingerprint density at radius 2 is 1.62 bits per heavy atom. The Morgan fingerprint density at radius 1 is 0.964 bits per heavy atom. The number of aromatic nitrogens is 4. The molecule has 2 heterocycles. The molecule has 1 atom stereocenters. The molecule has 0 bridgehead atoms. The lowest BCUT2D eigenvalue weighted by molar-refractivity contribution is 0.189. The minimum absolute atomic E-state index is 0.00892. The maximum Gasteiger partial charge on any atom is 0.405 e. The maximum absolute atomic E-state index is 14.7. The van der Waals surface area contributed by atoms with E-state index in [9.17, 15) is 40.3 Å².